The predicted molar refractivity (Wildman–Crippen MR) is 79.5 cm³/mol. The first-order valence-corrected chi connectivity index (χ1v) is 6.55. The zero-order valence-electron chi connectivity index (χ0n) is 11.7. The SMILES string of the molecule is CC(C)/C(O)=C(\C#N)C(=S)Nc1ccc(OC(F)(F)F)cc1. The van der Waals surface area contributed by atoms with Gasteiger partial charge in [-0.05, 0) is 24.3 Å². The Morgan fingerprint density at radius 3 is 2.27 bits per heavy atom. The van der Waals surface area contributed by atoms with Crippen molar-refractivity contribution >= 4 is 22.9 Å². The highest BCUT2D eigenvalue weighted by molar-refractivity contribution is 7.81. The molecule has 0 fully saturated rings. The molecule has 22 heavy (non-hydrogen) atoms. The quantitative estimate of drug-likeness (QED) is 0.373. The molecule has 0 amide bonds. The van der Waals surface area contributed by atoms with Crippen molar-refractivity contribution in [2.45, 2.75) is 20.2 Å². The fraction of sp³-hybridized carbons (Fsp3) is 0.286. The highest BCUT2D eigenvalue weighted by atomic mass is 32.1. The van der Waals surface area contributed by atoms with Crippen molar-refractivity contribution in [1.82, 2.24) is 0 Å². The summed E-state index contributed by atoms with van der Waals surface area (Å²) < 4.78 is 39.9. The highest BCUT2D eigenvalue weighted by Gasteiger charge is 2.30. The van der Waals surface area contributed by atoms with Gasteiger partial charge in [0.2, 0.25) is 0 Å². The summed E-state index contributed by atoms with van der Waals surface area (Å²) in [5.74, 6) is -0.806. The molecule has 0 aliphatic rings. The van der Waals surface area contributed by atoms with Crippen molar-refractivity contribution < 1.29 is 23.0 Å². The lowest BCUT2D eigenvalue weighted by atomic mass is 10.1. The minimum atomic E-state index is -4.76. The van der Waals surface area contributed by atoms with E-state index in [-0.39, 0.29) is 28.0 Å². The number of ether oxygens (including phenoxy) is 1. The molecule has 0 bridgehead atoms. The molecule has 0 heterocycles. The Morgan fingerprint density at radius 1 is 1.32 bits per heavy atom. The number of anilines is 1. The van der Waals surface area contributed by atoms with Crippen molar-refractivity contribution in [1.29, 1.82) is 5.26 Å². The van der Waals surface area contributed by atoms with Crippen molar-refractivity contribution in [2.24, 2.45) is 5.92 Å². The lowest BCUT2D eigenvalue weighted by Gasteiger charge is -2.12. The Kier molecular flexibility index (Phi) is 5.77. The number of allylic oxidation sites excluding steroid dienone is 1. The first-order valence-electron chi connectivity index (χ1n) is 6.14. The third-order valence-electron chi connectivity index (χ3n) is 2.49. The largest absolute Gasteiger partial charge is 0.573 e. The summed E-state index contributed by atoms with van der Waals surface area (Å²) in [6, 6.07) is 6.64. The van der Waals surface area contributed by atoms with E-state index in [4.69, 9.17) is 17.5 Å². The summed E-state index contributed by atoms with van der Waals surface area (Å²) in [4.78, 5) is -0.0156. The van der Waals surface area contributed by atoms with Gasteiger partial charge in [-0.2, -0.15) is 5.26 Å². The number of thiocarbonyl (C=S) groups is 1. The number of aliphatic hydroxyl groups excluding tert-OH is 1. The predicted octanol–water partition coefficient (Wildman–Crippen LogP) is 4.32. The summed E-state index contributed by atoms with van der Waals surface area (Å²) in [5.41, 5.74) is 0.282. The number of rotatable bonds is 4. The number of hydrogen-bond acceptors (Lipinski definition) is 4. The van der Waals surface area contributed by atoms with Gasteiger partial charge in [0, 0.05) is 11.6 Å². The van der Waals surface area contributed by atoms with Crippen LogP contribution in [0.4, 0.5) is 18.9 Å². The second kappa shape index (κ2) is 7.13. The van der Waals surface area contributed by atoms with Crippen LogP contribution in [0.25, 0.3) is 0 Å². The van der Waals surface area contributed by atoms with Crippen molar-refractivity contribution in [3.63, 3.8) is 0 Å². The molecular weight excluding hydrogens is 317 g/mol. The van der Waals surface area contributed by atoms with Gasteiger partial charge in [0.25, 0.3) is 0 Å². The first-order chi connectivity index (χ1) is 10.1. The van der Waals surface area contributed by atoms with Crippen LogP contribution in [-0.4, -0.2) is 16.5 Å². The molecule has 0 saturated heterocycles. The maximum Gasteiger partial charge on any atom is 0.573 e. The molecule has 0 aromatic heterocycles. The van der Waals surface area contributed by atoms with Gasteiger partial charge in [-0.15, -0.1) is 13.2 Å². The van der Waals surface area contributed by atoms with E-state index in [0.717, 1.165) is 12.1 Å². The number of hydrogen-bond donors (Lipinski definition) is 2. The van der Waals surface area contributed by atoms with Crippen molar-refractivity contribution in [3.05, 3.63) is 35.6 Å². The molecule has 0 atom stereocenters. The number of nitrogens with zero attached hydrogens (tertiary/aromatic N) is 1. The molecule has 2 N–H and O–H groups in total. The van der Waals surface area contributed by atoms with Gasteiger partial charge in [-0.3, -0.25) is 0 Å². The average Bonchev–Trinajstić information content (AvgIpc) is 2.40. The topological polar surface area (TPSA) is 65.3 Å². The summed E-state index contributed by atoms with van der Waals surface area (Å²) in [5, 5.41) is 21.5. The first kappa shape index (κ1) is 17.8. The molecule has 1 aromatic rings. The monoisotopic (exact) mass is 330 g/mol. The number of nitrogens with one attached hydrogen (secondary N) is 1. The smallest absolute Gasteiger partial charge is 0.511 e. The van der Waals surface area contributed by atoms with Crippen LogP contribution in [0, 0.1) is 17.2 Å². The Bertz CT molecular complexity index is 616. The van der Waals surface area contributed by atoms with E-state index >= 15 is 0 Å². The Labute approximate surface area is 130 Å². The second-order valence-corrected chi connectivity index (χ2v) is 4.96. The van der Waals surface area contributed by atoms with E-state index in [0.29, 0.717) is 5.69 Å². The van der Waals surface area contributed by atoms with E-state index in [2.05, 4.69) is 10.1 Å². The molecule has 0 radical (unpaired) electrons. The summed E-state index contributed by atoms with van der Waals surface area (Å²) in [7, 11) is 0. The van der Waals surface area contributed by atoms with Gasteiger partial charge >= 0.3 is 6.36 Å². The Morgan fingerprint density at radius 2 is 1.86 bits per heavy atom. The number of nitriles is 1. The van der Waals surface area contributed by atoms with Gasteiger partial charge in [0.15, 0.2) is 0 Å². The molecule has 0 aliphatic heterocycles. The zero-order valence-corrected chi connectivity index (χ0v) is 12.5. The van der Waals surface area contributed by atoms with Gasteiger partial charge in [0.05, 0.1) is 0 Å². The number of alkyl halides is 3. The van der Waals surface area contributed by atoms with Crippen LogP contribution >= 0.6 is 12.2 Å². The average molecular weight is 330 g/mol. The number of benzene rings is 1. The summed E-state index contributed by atoms with van der Waals surface area (Å²) in [6.45, 7) is 3.39. The molecule has 1 aromatic carbocycles. The molecule has 0 saturated carbocycles. The van der Waals surface area contributed by atoms with Crippen LogP contribution in [0.2, 0.25) is 0 Å². The lowest BCUT2D eigenvalue weighted by Crippen LogP contribution is -2.17. The standard InChI is InChI=1S/C14H13F3N2O2S/c1-8(2)12(20)11(7-18)13(22)19-9-3-5-10(6-4-9)21-14(15,16)17/h3-6,8,20H,1-2H3,(H,19,22)/b12-11-. The van der Waals surface area contributed by atoms with Crippen LogP contribution in [0.1, 0.15) is 13.8 Å². The van der Waals surface area contributed by atoms with Crippen LogP contribution in [-0.2, 0) is 0 Å². The van der Waals surface area contributed by atoms with Crippen LogP contribution < -0.4 is 10.1 Å². The molecular formula is C14H13F3N2O2S. The van der Waals surface area contributed by atoms with Crippen molar-refractivity contribution in [2.75, 3.05) is 5.32 Å². The molecule has 1 rings (SSSR count). The van der Waals surface area contributed by atoms with Gasteiger partial charge in [0.1, 0.15) is 28.1 Å². The fourth-order valence-electron chi connectivity index (χ4n) is 1.45. The number of aliphatic hydroxyl groups is 1. The lowest BCUT2D eigenvalue weighted by molar-refractivity contribution is -0.274. The normalized spacial score (nSPS) is 12.4. The van der Waals surface area contributed by atoms with E-state index < -0.39 is 6.36 Å². The minimum Gasteiger partial charge on any atom is -0.511 e. The van der Waals surface area contributed by atoms with E-state index in [1.807, 2.05) is 0 Å². The van der Waals surface area contributed by atoms with Gasteiger partial charge in [-0.1, -0.05) is 26.1 Å². The minimum absolute atomic E-state index is 0.0156. The summed E-state index contributed by atoms with van der Waals surface area (Å²) >= 11 is 5.01. The molecule has 118 valence electrons. The molecule has 4 nitrogen and oxygen atoms in total. The van der Waals surface area contributed by atoms with Gasteiger partial charge in [-0.25, -0.2) is 0 Å². The van der Waals surface area contributed by atoms with Crippen LogP contribution in [0.15, 0.2) is 35.6 Å². The second-order valence-electron chi connectivity index (χ2n) is 4.55. The maximum atomic E-state index is 12.0. The fourth-order valence-corrected chi connectivity index (χ4v) is 1.71. The van der Waals surface area contributed by atoms with E-state index in [1.54, 1.807) is 19.9 Å². The van der Waals surface area contributed by atoms with Crippen molar-refractivity contribution in [3.8, 4) is 11.8 Å². The Hall–Kier alpha value is -2.27. The van der Waals surface area contributed by atoms with Gasteiger partial charge < -0.3 is 15.2 Å². The maximum absolute atomic E-state index is 12.0. The van der Waals surface area contributed by atoms with Crippen LogP contribution in [0.3, 0.4) is 0 Å². The molecule has 0 spiro atoms. The summed E-state index contributed by atoms with van der Waals surface area (Å²) in [6.07, 6.45) is -4.76. The zero-order chi connectivity index (χ0) is 16.9. The number of halogens is 3. The highest BCUT2D eigenvalue weighted by Crippen LogP contribution is 2.24. The van der Waals surface area contributed by atoms with E-state index in [9.17, 15) is 18.3 Å². The molecule has 0 unspecified atom stereocenters. The Balaban J connectivity index is 2.86. The third kappa shape index (κ3) is 5.26. The van der Waals surface area contributed by atoms with Crippen LogP contribution in [0.5, 0.6) is 5.75 Å². The third-order valence-corrected chi connectivity index (χ3v) is 2.79. The molecule has 8 heteroatoms. The van der Waals surface area contributed by atoms with E-state index in [1.165, 1.54) is 12.1 Å². The molecule has 0 aliphatic carbocycles.